The van der Waals surface area contributed by atoms with E-state index in [4.69, 9.17) is 23.1 Å². The number of hydrogen-bond donors (Lipinski definition) is 2. The summed E-state index contributed by atoms with van der Waals surface area (Å²) in [7, 11) is 0. The molecule has 0 saturated carbocycles. The number of benzene rings is 1. The van der Waals surface area contributed by atoms with Crippen LogP contribution < -0.4 is 11.5 Å². The summed E-state index contributed by atoms with van der Waals surface area (Å²) < 4.78 is 0. The number of primary amides is 1. The van der Waals surface area contributed by atoms with E-state index in [0.717, 1.165) is 10.9 Å². The van der Waals surface area contributed by atoms with Gasteiger partial charge in [-0.3, -0.25) is 9.78 Å². The lowest BCUT2D eigenvalue weighted by Crippen LogP contribution is -2.21. The predicted octanol–water partition coefficient (Wildman–Crippen LogP) is 1.76. The molecular weight excluding hydrogens is 238 g/mol. The smallest absolute Gasteiger partial charge is 0.219 e. The van der Waals surface area contributed by atoms with Crippen LogP contribution in [0.3, 0.4) is 0 Å². The van der Waals surface area contributed by atoms with E-state index in [1.807, 2.05) is 6.07 Å². The van der Waals surface area contributed by atoms with Crippen LogP contribution in [0.1, 0.15) is 18.0 Å². The minimum absolute atomic E-state index is 0.0906. The molecule has 88 valence electrons. The van der Waals surface area contributed by atoms with Crippen LogP contribution >= 0.6 is 11.6 Å². The molecule has 1 atom stereocenters. The Balaban J connectivity index is 2.55. The van der Waals surface area contributed by atoms with Gasteiger partial charge in [-0.1, -0.05) is 17.7 Å². The Hall–Kier alpha value is -1.65. The maximum absolute atomic E-state index is 10.9. The zero-order valence-electron chi connectivity index (χ0n) is 9.06. The number of hydrogen-bond acceptors (Lipinski definition) is 3. The summed E-state index contributed by atoms with van der Waals surface area (Å²) in [4.78, 5) is 15.1. The molecule has 0 aliphatic rings. The van der Waals surface area contributed by atoms with Gasteiger partial charge in [-0.25, -0.2) is 0 Å². The van der Waals surface area contributed by atoms with Crippen LogP contribution in [0.5, 0.6) is 0 Å². The summed E-state index contributed by atoms with van der Waals surface area (Å²) in [5, 5.41) is 1.44. The van der Waals surface area contributed by atoms with Crippen molar-refractivity contribution in [2.24, 2.45) is 11.5 Å². The molecule has 0 fully saturated rings. The van der Waals surface area contributed by atoms with Gasteiger partial charge in [0.15, 0.2) is 0 Å². The average molecular weight is 250 g/mol. The van der Waals surface area contributed by atoms with Gasteiger partial charge in [0.05, 0.1) is 5.52 Å². The molecule has 0 aliphatic heterocycles. The first-order valence-corrected chi connectivity index (χ1v) is 5.54. The maximum Gasteiger partial charge on any atom is 0.219 e. The number of amides is 1. The van der Waals surface area contributed by atoms with Crippen LogP contribution in [0.2, 0.25) is 5.02 Å². The first-order chi connectivity index (χ1) is 8.09. The lowest BCUT2D eigenvalue weighted by molar-refractivity contribution is -0.118. The number of carbonyl (C=O) groups excluding carboxylic acids is 1. The second-order valence-electron chi connectivity index (χ2n) is 3.81. The highest BCUT2D eigenvalue weighted by Gasteiger charge is 2.14. The number of nitrogens with zero attached hydrogens (tertiary/aromatic N) is 1. The fraction of sp³-hybridized carbons (Fsp3) is 0.167. The van der Waals surface area contributed by atoms with E-state index in [1.54, 1.807) is 24.4 Å². The summed E-state index contributed by atoms with van der Waals surface area (Å²) in [6, 6.07) is 6.75. The molecule has 0 aliphatic carbocycles. The zero-order chi connectivity index (χ0) is 12.4. The number of rotatable bonds is 3. The molecular formula is C12H12ClN3O. The largest absolute Gasteiger partial charge is 0.370 e. The van der Waals surface area contributed by atoms with E-state index >= 15 is 0 Å². The summed E-state index contributed by atoms with van der Waals surface area (Å²) >= 11 is 6.07. The Kier molecular flexibility index (Phi) is 3.26. The lowest BCUT2D eigenvalue weighted by atomic mass is 10.0. The number of fused-ring (bicyclic) bond motifs is 1. The summed E-state index contributed by atoms with van der Waals surface area (Å²) in [6.45, 7) is 0. The molecule has 4 N–H and O–H groups in total. The third kappa shape index (κ3) is 2.38. The van der Waals surface area contributed by atoms with Gasteiger partial charge in [0.2, 0.25) is 5.91 Å². The van der Waals surface area contributed by atoms with E-state index < -0.39 is 11.9 Å². The van der Waals surface area contributed by atoms with Crippen molar-refractivity contribution < 1.29 is 4.79 Å². The number of aromatic nitrogens is 1. The molecule has 1 heterocycles. The predicted molar refractivity (Wildman–Crippen MR) is 67.5 cm³/mol. The molecule has 0 radical (unpaired) electrons. The van der Waals surface area contributed by atoms with Crippen molar-refractivity contribution in [3.05, 3.63) is 41.0 Å². The van der Waals surface area contributed by atoms with Crippen molar-refractivity contribution in [1.29, 1.82) is 0 Å². The van der Waals surface area contributed by atoms with Gasteiger partial charge in [-0.2, -0.15) is 0 Å². The Bertz CT molecular complexity index is 571. The zero-order valence-corrected chi connectivity index (χ0v) is 9.82. The van der Waals surface area contributed by atoms with Crippen LogP contribution in [0.15, 0.2) is 30.5 Å². The van der Waals surface area contributed by atoms with Crippen molar-refractivity contribution in [2.45, 2.75) is 12.5 Å². The lowest BCUT2D eigenvalue weighted by Gasteiger charge is -2.12. The van der Waals surface area contributed by atoms with Crippen molar-refractivity contribution >= 4 is 28.4 Å². The van der Waals surface area contributed by atoms with E-state index in [0.29, 0.717) is 10.5 Å². The molecule has 1 amide bonds. The van der Waals surface area contributed by atoms with Crippen LogP contribution in [0, 0.1) is 0 Å². The van der Waals surface area contributed by atoms with Gasteiger partial charge >= 0.3 is 0 Å². The fourth-order valence-electron chi connectivity index (χ4n) is 1.79. The molecule has 0 spiro atoms. The number of pyridine rings is 1. The number of carbonyl (C=O) groups is 1. The number of halogens is 1. The van der Waals surface area contributed by atoms with E-state index in [2.05, 4.69) is 4.98 Å². The second kappa shape index (κ2) is 4.69. The van der Waals surface area contributed by atoms with Crippen molar-refractivity contribution in [1.82, 2.24) is 4.98 Å². The topological polar surface area (TPSA) is 82.0 Å². The molecule has 17 heavy (non-hydrogen) atoms. The van der Waals surface area contributed by atoms with Crippen LogP contribution in [-0.4, -0.2) is 10.9 Å². The normalized spacial score (nSPS) is 12.6. The van der Waals surface area contributed by atoms with Crippen LogP contribution in [0.4, 0.5) is 0 Å². The van der Waals surface area contributed by atoms with Crippen LogP contribution in [-0.2, 0) is 4.79 Å². The molecule has 0 saturated heterocycles. The minimum Gasteiger partial charge on any atom is -0.370 e. The Morgan fingerprint density at radius 3 is 2.88 bits per heavy atom. The Morgan fingerprint density at radius 2 is 2.18 bits per heavy atom. The highest BCUT2D eigenvalue weighted by Crippen LogP contribution is 2.28. The SMILES string of the molecule is NC(=O)C[C@H](N)c1ccc(Cl)c2cccnc12. The number of nitrogens with two attached hydrogens (primary N) is 2. The van der Waals surface area contributed by atoms with Gasteiger partial charge in [-0.05, 0) is 23.8 Å². The second-order valence-corrected chi connectivity index (χ2v) is 4.22. The summed E-state index contributed by atoms with van der Waals surface area (Å²) in [5.41, 5.74) is 12.6. The monoisotopic (exact) mass is 249 g/mol. The molecule has 1 aromatic carbocycles. The van der Waals surface area contributed by atoms with Crippen molar-refractivity contribution in [2.75, 3.05) is 0 Å². The van der Waals surface area contributed by atoms with Crippen molar-refractivity contribution in [3.63, 3.8) is 0 Å². The maximum atomic E-state index is 10.9. The summed E-state index contributed by atoms with van der Waals surface area (Å²) in [5.74, 6) is -0.434. The summed E-state index contributed by atoms with van der Waals surface area (Å²) in [6.07, 6.45) is 1.76. The standard InChI is InChI=1S/C12H12ClN3O/c13-9-4-3-8(10(14)6-11(15)17)12-7(9)2-1-5-16-12/h1-5,10H,6,14H2,(H2,15,17)/t10-/m0/s1. The van der Waals surface area contributed by atoms with Gasteiger partial charge < -0.3 is 11.5 Å². The van der Waals surface area contributed by atoms with Crippen molar-refractivity contribution in [3.8, 4) is 0 Å². The minimum atomic E-state index is -0.456. The highest BCUT2D eigenvalue weighted by molar-refractivity contribution is 6.35. The third-order valence-corrected chi connectivity index (χ3v) is 2.90. The average Bonchev–Trinajstić information content (AvgIpc) is 2.29. The quantitative estimate of drug-likeness (QED) is 0.870. The molecule has 4 nitrogen and oxygen atoms in total. The van der Waals surface area contributed by atoms with Gasteiger partial charge in [0, 0.05) is 29.1 Å². The molecule has 1 aromatic heterocycles. The van der Waals surface area contributed by atoms with Gasteiger partial charge in [-0.15, -0.1) is 0 Å². The molecule has 5 heteroatoms. The van der Waals surface area contributed by atoms with E-state index in [1.165, 1.54) is 0 Å². The fourth-order valence-corrected chi connectivity index (χ4v) is 2.00. The Morgan fingerprint density at radius 1 is 1.41 bits per heavy atom. The Labute approximate surface area is 104 Å². The first-order valence-electron chi connectivity index (χ1n) is 5.16. The van der Waals surface area contributed by atoms with Crippen LogP contribution in [0.25, 0.3) is 10.9 Å². The molecule has 0 bridgehead atoms. The highest BCUT2D eigenvalue weighted by atomic mass is 35.5. The van der Waals surface area contributed by atoms with Gasteiger partial charge in [0.25, 0.3) is 0 Å². The van der Waals surface area contributed by atoms with E-state index in [-0.39, 0.29) is 6.42 Å². The molecule has 0 unspecified atom stereocenters. The van der Waals surface area contributed by atoms with E-state index in [9.17, 15) is 4.79 Å². The molecule has 2 aromatic rings. The van der Waals surface area contributed by atoms with Gasteiger partial charge in [0.1, 0.15) is 0 Å². The first kappa shape index (κ1) is 11.8. The molecule has 2 rings (SSSR count). The third-order valence-electron chi connectivity index (χ3n) is 2.57.